The van der Waals surface area contributed by atoms with Crippen LogP contribution in [0.2, 0.25) is 0 Å². The van der Waals surface area contributed by atoms with Crippen LogP contribution < -0.4 is 10.1 Å². The Morgan fingerprint density at radius 2 is 1.74 bits per heavy atom. The Labute approximate surface area is 117 Å². The Balaban J connectivity index is 3.21. The Morgan fingerprint density at radius 1 is 1.11 bits per heavy atom. The number of methoxy groups -OCH3 is 2. The monoisotopic (exact) mass is 265 g/mol. The molecule has 0 bridgehead atoms. The van der Waals surface area contributed by atoms with Gasteiger partial charge in [-0.3, -0.25) is 5.32 Å². The van der Waals surface area contributed by atoms with Gasteiger partial charge in [-0.15, -0.1) is 0 Å². The third-order valence-electron chi connectivity index (χ3n) is 3.68. The quantitative estimate of drug-likeness (QED) is 0.633. The van der Waals surface area contributed by atoms with Crippen LogP contribution in [0.3, 0.4) is 0 Å². The first-order valence-electron chi connectivity index (χ1n) is 6.70. The van der Waals surface area contributed by atoms with E-state index in [0.29, 0.717) is 6.73 Å². The molecule has 0 spiro atoms. The number of rotatable bonds is 6. The fourth-order valence-electron chi connectivity index (χ4n) is 2.70. The maximum atomic E-state index is 5.67. The van der Waals surface area contributed by atoms with E-state index < -0.39 is 0 Å². The van der Waals surface area contributed by atoms with Gasteiger partial charge in [0.25, 0.3) is 0 Å². The third-order valence-corrected chi connectivity index (χ3v) is 3.68. The lowest BCUT2D eigenvalue weighted by molar-refractivity contribution is 0.169. The summed E-state index contributed by atoms with van der Waals surface area (Å²) in [6.45, 7) is 12.3. The highest BCUT2D eigenvalue weighted by molar-refractivity contribution is 5.53. The molecule has 0 aliphatic rings. The number of ether oxygens (including phenoxy) is 2. The lowest BCUT2D eigenvalue weighted by atomic mass is 9.79. The molecule has 0 amide bonds. The summed E-state index contributed by atoms with van der Waals surface area (Å²) >= 11 is 0. The Kier molecular flexibility index (Phi) is 5.39. The summed E-state index contributed by atoms with van der Waals surface area (Å²) in [6.07, 6.45) is 0. The van der Waals surface area contributed by atoms with Crippen LogP contribution in [0.25, 0.3) is 0 Å². The van der Waals surface area contributed by atoms with Crippen molar-refractivity contribution in [2.24, 2.45) is 0 Å². The van der Waals surface area contributed by atoms with Gasteiger partial charge < -0.3 is 9.47 Å². The summed E-state index contributed by atoms with van der Waals surface area (Å²) in [5.41, 5.74) is 5.06. The second kappa shape index (κ2) is 6.40. The van der Waals surface area contributed by atoms with Crippen molar-refractivity contribution in [2.45, 2.75) is 40.0 Å². The molecule has 3 nitrogen and oxygen atoms in total. The maximum absolute atomic E-state index is 5.67. The van der Waals surface area contributed by atoms with Crippen molar-refractivity contribution < 1.29 is 9.47 Å². The molecule has 19 heavy (non-hydrogen) atoms. The maximum Gasteiger partial charge on any atom is 0.126 e. The van der Waals surface area contributed by atoms with E-state index in [1.807, 2.05) is 0 Å². The minimum absolute atomic E-state index is 0.00752. The molecular formula is C16H27NO2. The third kappa shape index (κ3) is 3.48. The second-order valence-corrected chi connectivity index (χ2v) is 5.79. The molecule has 0 unspecified atom stereocenters. The lowest BCUT2D eigenvalue weighted by Gasteiger charge is -2.30. The van der Waals surface area contributed by atoms with Crippen LogP contribution >= 0.6 is 0 Å². The van der Waals surface area contributed by atoms with Gasteiger partial charge in [0.1, 0.15) is 5.75 Å². The van der Waals surface area contributed by atoms with Crippen LogP contribution in [-0.4, -0.2) is 27.5 Å². The molecule has 0 radical (unpaired) electrons. The van der Waals surface area contributed by atoms with Crippen LogP contribution in [-0.2, 0) is 10.2 Å². The normalized spacial score (nSPS) is 11.7. The number of aryl methyl sites for hydroxylation is 2. The highest BCUT2D eigenvalue weighted by Crippen LogP contribution is 2.37. The second-order valence-electron chi connectivity index (χ2n) is 5.79. The molecule has 1 N–H and O–H groups in total. The van der Waals surface area contributed by atoms with Gasteiger partial charge in [0.2, 0.25) is 0 Å². The predicted molar refractivity (Wildman–Crippen MR) is 80.1 cm³/mol. The number of benzene rings is 1. The van der Waals surface area contributed by atoms with Crippen molar-refractivity contribution in [3.05, 3.63) is 28.3 Å². The smallest absolute Gasteiger partial charge is 0.126 e. The largest absolute Gasteiger partial charge is 0.496 e. The zero-order chi connectivity index (χ0) is 14.6. The number of nitrogens with one attached hydrogen (secondary N) is 1. The Bertz CT molecular complexity index is 439. The first-order chi connectivity index (χ1) is 8.85. The molecule has 0 heterocycles. The highest BCUT2D eigenvalue weighted by Gasteiger charge is 2.27. The lowest BCUT2D eigenvalue weighted by Crippen LogP contribution is -2.35. The molecule has 0 saturated carbocycles. The van der Waals surface area contributed by atoms with Gasteiger partial charge in [-0.1, -0.05) is 19.9 Å². The first-order valence-corrected chi connectivity index (χ1v) is 6.70. The predicted octanol–water partition coefficient (Wildman–Crippen LogP) is 3.09. The van der Waals surface area contributed by atoms with E-state index in [-0.39, 0.29) is 5.41 Å². The summed E-state index contributed by atoms with van der Waals surface area (Å²) in [4.78, 5) is 0. The topological polar surface area (TPSA) is 30.5 Å². The zero-order valence-electron chi connectivity index (χ0n) is 13.3. The molecule has 0 aromatic heterocycles. The molecule has 0 fully saturated rings. The van der Waals surface area contributed by atoms with E-state index in [1.54, 1.807) is 14.2 Å². The number of hydrogen-bond acceptors (Lipinski definition) is 3. The molecule has 0 aliphatic heterocycles. The number of hydrogen-bond donors (Lipinski definition) is 1. The van der Waals surface area contributed by atoms with Crippen LogP contribution in [0.15, 0.2) is 6.07 Å². The molecule has 1 aromatic rings. The average Bonchev–Trinajstić information content (AvgIpc) is 2.33. The van der Waals surface area contributed by atoms with E-state index in [9.17, 15) is 0 Å². The van der Waals surface area contributed by atoms with E-state index in [2.05, 4.69) is 46.0 Å². The van der Waals surface area contributed by atoms with Gasteiger partial charge in [0.05, 0.1) is 13.8 Å². The van der Waals surface area contributed by atoms with Crippen molar-refractivity contribution in [1.82, 2.24) is 5.32 Å². The fraction of sp³-hybridized carbons (Fsp3) is 0.625. The summed E-state index contributed by atoms with van der Waals surface area (Å²) in [5, 5.41) is 3.31. The minimum Gasteiger partial charge on any atom is -0.496 e. The van der Waals surface area contributed by atoms with Crippen molar-refractivity contribution in [1.29, 1.82) is 0 Å². The van der Waals surface area contributed by atoms with Gasteiger partial charge >= 0.3 is 0 Å². The molecular weight excluding hydrogens is 238 g/mol. The van der Waals surface area contributed by atoms with E-state index in [4.69, 9.17) is 9.47 Å². The van der Waals surface area contributed by atoms with Crippen LogP contribution in [0, 0.1) is 20.8 Å². The van der Waals surface area contributed by atoms with E-state index in [0.717, 1.165) is 12.3 Å². The molecule has 1 aromatic carbocycles. The van der Waals surface area contributed by atoms with Crippen molar-refractivity contribution in [3.63, 3.8) is 0 Å². The summed E-state index contributed by atoms with van der Waals surface area (Å²) < 4.78 is 10.7. The standard InChI is InChI=1S/C16H27NO2/c1-11-8-12(2)14(15(19-7)13(11)3)16(4,5)9-17-10-18-6/h8,17H,9-10H2,1-7H3. The van der Waals surface area contributed by atoms with Crippen molar-refractivity contribution >= 4 is 0 Å². The summed E-state index contributed by atoms with van der Waals surface area (Å²) in [6, 6.07) is 2.24. The molecule has 108 valence electrons. The van der Waals surface area contributed by atoms with Gasteiger partial charge in [-0.2, -0.15) is 0 Å². The fourth-order valence-corrected chi connectivity index (χ4v) is 2.70. The van der Waals surface area contributed by atoms with Crippen molar-refractivity contribution in [2.75, 3.05) is 27.5 Å². The zero-order valence-corrected chi connectivity index (χ0v) is 13.3. The summed E-state index contributed by atoms with van der Waals surface area (Å²) in [5.74, 6) is 1.02. The molecule has 0 aliphatic carbocycles. The van der Waals surface area contributed by atoms with E-state index >= 15 is 0 Å². The molecule has 1 rings (SSSR count). The van der Waals surface area contributed by atoms with Crippen LogP contribution in [0.5, 0.6) is 5.75 Å². The van der Waals surface area contributed by atoms with Crippen LogP contribution in [0.1, 0.15) is 36.1 Å². The SMILES string of the molecule is COCNCC(C)(C)c1c(C)cc(C)c(C)c1OC. The average molecular weight is 265 g/mol. The Morgan fingerprint density at radius 3 is 2.26 bits per heavy atom. The molecule has 0 atom stereocenters. The molecule has 3 heteroatoms. The Hall–Kier alpha value is -1.06. The summed E-state index contributed by atoms with van der Waals surface area (Å²) in [7, 11) is 3.45. The van der Waals surface area contributed by atoms with Gasteiger partial charge in [0, 0.05) is 24.6 Å². The van der Waals surface area contributed by atoms with Gasteiger partial charge in [-0.25, -0.2) is 0 Å². The van der Waals surface area contributed by atoms with Gasteiger partial charge in [0.15, 0.2) is 0 Å². The highest BCUT2D eigenvalue weighted by atomic mass is 16.5. The first kappa shape index (κ1) is 16.0. The molecule has 0 saturated heterocycles. The van der Waals surface area contributed by atoms with E-state index in [1.165, 1.54) is 22.3 Å². The van der Waals surface area contributed by atoms with Crippen molar-refractivity contribution in [3.8, 4) is 5.75 Å². The minimum atomic E-state index is -0.00752. The van der Waals surface area contributed by atoms with Crippen LogP contribution in [0.4, 0.5) is 0 Å². The van der Waals surface area contributed by atoms with Gasteiger partial charge in [-0.05, 0) is 37.5 Å².